The third-order valence-electron chi connectivity index (χ3n) is 13.8. The number of carbonyl (C=O) groups excluding carboxylic acids is 3. The Morgan fingerprint density at radius 3 is 0.753 bits per heavy atom. The van der Waals surface area contributed by atoms with Gasteiger partial charge in [0.15, 0.2) is 6.10 Å². The lowest BCUT2D eigenvalue weighted by Crippen LogP contribution is -2.30. The molecule has 0 N–H and O–H groups in total. The molecule has 0 saturated carbocycles. The Bertz CT molecular complexity index is 1760. The van der Waals surface area contributed by atoms with Crippen molar-refractivity contribution in [2.75, 3.05) is 13.2 Å². The van der Waals surface area contributed by atoms with E-state index in [-0.39, 0.29) is 31.1 Å². The van der Waals surface area contributed by atoms with Crippen LogP contribution in [0, 0.1) is 0 Å². The van der Waals surface area contributed by atoms with E-state index in [9.17, 15) is 14.4 Å². The van der Waals surface area contributed by atoms with Gasteiger partial charge in [0.05, 0.1) is 0 Å². The van der Waals surface area contributed by atoms with Crippen molar-refractivity contribution in [1.82, 2.24) is 0 Å². The van der Waals surface area contributed by atoms with Crippen LogP contribution in [-0.2, 0) is 28.6 Å². The molecule has 0 bridgehead atoms. The summed E-state index contributed by atoms with van der Waals surface area (Å²) in [4.78, 5) is 38.0. The molecule has 1 atom stereocenters. The monoisotopic (exact) mass is 1120 g/mol. The van der Waals surface area contributed by atoms with Gasteiger partial charge in [-0.25, -0.2) is 0 Å². The lowest BCUT2D eigenvalue weighted by molar-refractivity contribution is -0.167. The molecule has 6 heteroatoms. The average Bonchev–Trinajstić information content (AvgIpc) is 3.47. The Kier molecular flexibility index (Phi) is 63.9. The number of hydrogen-bond acceptors (Lipinski definition) is 6. The van der Waals surface area contributed by atoms with Crippen molar-refractivity contribution >= 4 is 17.9 Å². The summed E-state index contributed by atoms with van der Waals surface area (Å²) in [7, 11) is 0. The minimum Gasteiger partial charge on any atom is -0.462 e. The smallest absolute Gasteiger partial charge is 0.306 e. The minimum absolute atomic E-state index is 0.0854. The molecule has 81 heavy (non-hydrogen) atoms. The summed E-state index contributed by atoms with van der Waals surface area (Å²) in [5.41, 5.74) is 0. The molecular weight excluding hydrogens is 997 g/mol. The van der Waals surface area contributed by atoms with Crippen LogP contribution < -0.4 is 0 Å². The van der Waals surface area contributed by atoms with Crippen LogP contribution in [0.25, 0.3) is 0 Å². The van der Waals surface area contributed by atoms with Crippen molar-refractivity contribution < 1.29 is 28.6 Å². The summed E-state index contributed by atoms with van der Waals surface area (Å²) in [6.07, 6.45) is 97.6. The quantitative estimate of drug-likeness (QED) is 0.0261. The van der Waals surface area contributed by atoms with Gasteiger partial charge in [-0.05, 0) is 122 Å². The van der Waals surface area contributed by atoms with Crippen molar-refractivity contribution in [3.63, 3.8) is 0 Å². The average molecular weight is 1120 g/mol. The van der Waals surface area contributed by atoms with Crippen molar-refractivity contribution in [3.8, 4) is 0 Å². The van der Waals surface area contributed by atoms with Crippen LogP contribution in [0.4, 0.5) is 0 Å². The lowest BCUT2D eigenvalue weighted by atomic mass is 10.0. The molecule has 0 radical (unpaired) electrons. The van der Waals surface area contributed by atoms with Crippen LogP contribution >= 0.6 is 0 Å². The van der Waals surface area contributed by atoms with Crippen molar-refractivity contribution in [2.45, 2.75) is 297 Å². The first-order valence-electron chi connectivity index (χ1n) is 33.3. The maximum atomic E-state index is 12.9. The summed E-state index contributed by atoms with van der Waals surface area (Å²) in [5.74, 6) is -0.911. The molecule has 0 amide bonds. The molecule has 0 fully saturated rings. The van der Waals surface area contributed by atoms with Gasteiger partial charge in [-0.3, -0.25) is 14.4 Å². The number of unbranched alkanes of at least 4 members (excludes halogenated alkanes) is 24. The fourth-order valence-electron chi connectivity index (χ4n) is 8.92. The standard InChI is InChI=1S/C75H122O6/c1-4-7-10-13-15-17-19-21-23-25-27-29-31-33-35-37-39-41-43-45-47-49-51-53-55-57-59-62-65-68-74(77)80-71-72(70-79-73(76)67-64-61-12-9-6-3)81-75(78)69-66-63-60-58-56-54-52-50-48-46-44-42-40-38-36-34-32-30-28-26-24-22-20-18-16-14-11-8-5-2/h7-8,10-11,15-18,21-24,27-30,33-36,39,41,45,47,72H,4-6,9,12-14,19-20,25-26,31-32,37-38,40,42-44,46,48-71H2,1-3H3/b10-7-,11-8-,17-15-,18-16-,23-21-,24-22-,29-27-,30-28-,35-33-,36-34-,41-39-,47-45-. The summed E-state index contributed by atoms with van der Waals surface area (Å²) >= 11 is 0. The molecular formula is C75H122O6. The third kappa shape index (κ3) is 66.0. The Morgan fingerprint density at radius 2 is 0.481 bits per heavy atom. The Labute approximate surface area is 499 Å². The first kappa shape index (κ1) is 76.3. The van der Waals surface area contributed by atoms with Crippen LogP contribution in [0.5, 0.6) is 0 Å². The van der Waals surface area contributed by atoms with Gasteiger partial charge in [0.1, 0.15) is 13.2 Å². The molecule has 0 rings (SSSR count). The molecule has 0 aliphatic carbocycles. The fourth-order valence-corrected chi connectivity index (χ4v) is 8.92. The summed E-state index contributed by atoms with van der Waals surface area (Å²) < 4.78 is 16.8. The predicted octanol–water partition coefficient (Wildman–Crippen LogP) is 23.1. The van der Waals surface area contributed by atoms with Crippen LogP contribution in [0.1, 0.15) is 290 Å². The zero-order valence-corrected chi connectivity index (χ0v) is 52.5. The predicted molar refractivity (Wildman–Crippen MR) is 352 cm³/mol. The number of hydrogen-bond donors (Lipinski definition) is 0. The molecule has 458 valence electrons. The first-order chi connectivity index (χ1) is 40.0. The summed E-state index contributed by atoms with van der Waals surface area (Å²) in [6.45, 7) is 6.33. The highest BCUT2D eigenvalue weighted by Gasteiger charge is 2.19. The van der Waals surface area contributed by atoms with E-state index >= 15 is 0 Å². The van der Waals surface area contributed by atoms with Gasteiger partial charge in [-0.15, -0.1) is 0 Å². The first-order valence-corrected chi connectivity index (χ1v) is 33.3. The van der Waals surface area contributed by atoms with Gasteiger partial charge < -0.3 is 14.2 Å². The molecule has 0 heterocycles. The van der Waals surface area contributed by atoms with Gasteiger partial charge in [0, 0.05) is 19.3 Å². The number of ether oxygens (including phenoxy) is 3. The lowest BCUT2D eigenvalue weighted by Gasteiger charge is -2.18. The van der Waals surface area contributed by atoms with Crippen molar-refractivity contribution in [3.05, 3.63) is 146 Å². The third-order valence-corrected chi connectivity index (χ3v) is 13.8. The molecule has 0 aliphatic heterocycles. The molecule has 6 nitrogen and oxygen atoms in total. The van der Waals surface area contributed by atoms with Gasteiger partial charge in [-0.1, -0.05) is 295 Å². The molecule has 0 aromatic heterocycles. The summed E-state index contributed by atoms with van der Waals surface area (Å²) in [5, 5.41) is 0. The maximum absolute atomic E-state index is 12.9. The highest BCUT2D eigenvalue weighted by Crippen LogP contribution is 2.16. The molecule has 0 aromatic carbocycles. The van der Waals surface area contributed by atoms with E-state index in [2.05, 4.69) is 167 Å². The van der Waals surface area contributed by atoms with E-state index in [0.717, 1.165) is 148 Å². The number of allylic oxidation sites excluding steroid dienone is 24. The van der Waals surface area contributed by atoms with E-state index in [0.29, 0.717) is 19.3 Å². The zero-order valence-electron chi connectivity index (χ0n) is 52.5. The highest BCUT2D eigenvalue weighted by molar-refractivity contribution is 5.71. The van der Waals surface area contributed by atoms with E-state index in [4.69, 9.17) is 14.2 Å². The Balaban J connectivity index is 4.08. The van der Waals surface area contributed by atoms with Crippen LogP contribution in [0.15, 0.2) is 146 Å². The highest BCUT2D eigenvalue weighted by atomic mass is 16.6. The van der Waals surface area contributed by atoms with Gasteiger partial charge in [0.2, 0.25) is 0 Å². The fraction of sp³-hybridized carbons (Fsp3) is 0.640. The van der Waals surface area contributed by atoms with E-state index in [1.54, 1.807) is 0 Å². The maximum Gasteiger partial charge on any atom is 0.306 e. The topological polar surface area (TPSA) is 78.9 Å². The van der Waals surface area contributed by atoms with Crippen LogP contribution in [0.3, 0.4) is 0 Å². The van der Waals surface area contributed by atoms with Crippen LogP contribution in [-0.4, -0.2) is 37.2 Å². The van der Waals surface area contributed by atoms with Crippen molar-refractivity contribution in [1.29, 1.82) is 0 Å². The minimum atomic E-state index is -0.786. The normalized spacial score (nSPS) is 13.1. The Hall–Kier alpha value is -4.71. The molecule has 0 aromatic rings. The zero-order chi connectivity index (χ0) is 58.5. The number of carbonyl (C=O) groups is 3. The van der Waals surface area contributed by atoms with Gasteiger partial charge in [0.25, 0.3) is 0 Å². The second-order valence-corrected chi connectivity index (χ2v) is 21.6. The Morgan fingerprint density at radius 1 is 0.259 bits per heavy atom. The largest absolute Gasteiger partial charge is 0.462 e. The van der Waals surface area contributed by atoms with Gasteiger partial charge in [-0.2, -0.15) is 0 Å². The second kappa shape index (κ2) is 67.8. The second-order valence-electron chi connectivity index (χ2n) is 21.6. The molecule has 1 unspecified atom stereocenters. The van der Waals surface area contributed by atoms with E-state index in [1.807, 2.05) is 0 Å². The van der Waals surface area contributed by atoms with E-state index in [1.165, 1.54) is 103 Å². The molecule has 0 saturated heterocycles. The molecule has 0 spiro atoms. The van der Waals surface area contributed by atoms with Gasteiger partial charge >= 0.3 is 17.9 Å². The SMILES string of the molecule is CC/C=C\C/C=C\C/C=C\C/C=C\C/C=C\C/C=C\C/C=C\CCCCCCCCCC(=O)OCC(COC(=O)CCCCCCC)OC(=O)CCCCCCCCCCCCCCC/C=C\C/C=C\C/C=C\C/C=C\C/C=C\CC. The number of esters is 3. The molecule has 0 aliphatic rings. The summed E-state index contributed by atoms with van der Waals surface area (Å²) in [6, 6.07) is 0. The van der Waals surface area contributed by atoms with E-state index < -0.39 is 6.10 Å². The van der Waals surface area contributed by atoms with Crippen LogP contribution in [0.2, 0.25) is 0 Å². The number of rotatable bonds is 59. The van der Waals surface area contributed by atoms with Crippen molar-refractivity contribution in [2.24, 2.45) is 0 Å².